The topological polar surface area (TPSA) is 66.9 Å². The van der Waals surface area contributed by atoms with Crippen molar-refractivity contribution in [2.75, 3.05) is 16.0 Å². The van der Waals surface area contributed by atoms with Crippen molar-refractivity contribution in [3.63, 3.8) is 0 Å². The van der Waals surface area contributed by atoms with Crippen molar-refractivity contribution in [2.24, 2.45) is 0 Å². The van der Waals surface area contributed by atoms with Gasteiger partial charge < -0.3 is 10.6 Å². The van der Waals surface area contributed by atoms with E-state index in [0.717, 1.165) is 0 Å². The first kappa shape index (κ1) is 19.5. The van der Waals surface area contributed by atoms with Crippen LogP contribution in [-0.2, 0) is 4.79 Å². The van der Waals surface area contributed by atoms with E-state index in [0.29, 0.717) is 27.7 Å². The van der Waals surface area contributed by atoms with Gasteiger partial charge in [-0.05, 0) is 24.3 Å². The maximum atomic E-state index is 14.2. The van der Waals surface area contributed by atoms with Crippen LogP contribution in [0.5, 0.6) is 0 Å². The zero-order chi connectivity index (χ0) is 19.4. The minimum Gasteiger partial charge on any atom is -0.337 e. The number of nitrogens with one attached hydrogen (secondary N) is 2. The highest BCUT2D eigenvalue weighted by Crippen LogP contribution is 2.36. The summed E-state index contributed by atoms with van der Waals surface area (Å²) in [4.78, 5) is 20.2. The lowest BCUT2D eigenvalue weighted by atomic mass is 10.2. The van der Waals surface area contributed by atoms with Gasteiger partial charge in [0, 0.05) is 11.4 Å². The first-order valence-electron chi connectivity index (χ1n) is 7.69. The summed E-state index contributed by atoms with van der Waals surface area (Å²) in [6.45, 7) is 0. The van der Waals surface area contributed by atoms with Gasteiger partial charge in [0.25, 0.3) is 0 Å². The lowest BCUT2D eigenvalue weighted by molar-refractivity contribution is -0.111. The molecule has 0 saturated carbocycles. The van der Waals surface area contributed by atoms with E-state index in [1.807, 2.05) is 0 Å². The van der Waals surface area contributed by atoms with Crippen molar-refractivity contribution < 1.29 is 9.18 Å². The molecule has 0 bridgehead atoms. The lowest BCUT2D eigenvalue weighted by Gasteiger charge is -2.13. The monoisotopic (exact) mass is 468 g/mol. The summed E-state index contributed by atoms with van der Waals surface area (Å²) in [5.41, 5.74) is 1.07. The third-order valence-electron chi connectivity index (χ3n) is 3.56. The second-order valence-corrected chi connectivity index (χ2v) is 6.75. The van der Waals surface area contributed by atoms with Crippen molar-refractivity contribution in [1.82, 2.24) is 9.97 Å². The molecule has 0 spiro atoms. The Hall–Kier alpha value is -2.22. The zero-order valence-electron chi connectivity index (χ0n) is 13.6. The van der Waals surface area contributed by atoms with Crippen molar-refractivity contribution in [2.45, 2.75) is 0 Å². The highest BCUT2D eigenvalue weighted by Gasteiger charge is 2.15. The van der Waals surface area contributed by atoms with Crippen molar-refractivity contribution in [3.8, 4) is 0 Å². The second-order valence-electron chi connectivity index (χ2n) is 5.32. The largest absolute Gasteiger partial charge is 0.337 e. The minimum atomic E-state index is -0.605. The number of allylic oxidation sites excluding steroid dienone is 1. The molecular formula is C18H12BrCl2FN4O. The van der Waals surface area contributed by atoms with E-state index in [1.54, 1.807) is 24.3 Å². The Bertz CT molecular complexity index is 1050. The van der Waals surface area contributed by atoms with Crippen molar-refractivity contribution >= 4 is 73.1 Å². The van der Waals surface area contributed by atoms with Crippen LogP contribution in [0.1, 0.15) is 0 Å². The van der Waals surface area contributed by atoms with E-state index in [9.17, 15) is 9.18 Å². The van der Waals surface area contributed by atoms with Gasteiger partial charge >= 0.3 is 0 Å². The number of alkyl halides is 1. The zero-order valence-corrected chi connectivity index (χ0v) is 16.7. The number of rotatable bonds is 5. The molecule has 0 fully saturated rings. The quantitative estimate of drug-likeness (QED) is 0.371. The summed E-state index contributed by atoms with van der Waals surface area (Å²) >= 11 is 15.5. The number of hydrogen-bond donors (Lipinski definition) is 2. The SMILES string of the molecule is O=C(/C=C/CBr)Nc1ccc2ncnc(Nc3cccc(Cl)c3F)c2c1Cl. The number of anilines is 3. The van der Waals surface area contributed by atoms with Gasteiger partial charge in [-0.1, -0.05) is 51.3 Å². The van der Waals surface area contributed by atoms with E-state index in [-0.39, 0.29) is 21.6 Å². The number of aromatic nitrogens is 2. The standard InChI is InChI=1S/C18H12BrCl2FN4O/c19-8-2-5-14(27)25-12-7-6-11-15(16(12)21)18(24-9-23-11)26-13-4-1-3-10(20)17(13)22/h1-7,9H,8H2,(H,25,27)(H,23,24,26)/b5-2+. The molecular weight excluding hydrogens is 458 g/mol. The third-order valence-corrected chi connectivity index (χ3v) is 4.62. The fraction of sp³-hybridized carbons (Fsp3) is 0.0556. The predicted octanol–water partition coefficient (Wildman–Crippen LogP) is 5.71. The molecule has 3 rings (SSSR count). The molecule has 1 amide bonds. The molecule has 5 nitrogen and oxygen atoms in total. The maximum absolute atomic E-state index is 14.2. The minimum absolute atomic E-state index is 0.0176. The summed E-state index contributed by atoms with van der Waals surface area (Å²) in [5, 5.41) is 6.79. The predicted molar refractivity (Wildman–Crippen MR) is 111 cm³/mol. The number of carbonyl (C=O) groups is 1. The molecule has 0 unspecified atom stereocenters. The van der Waals surface area contributed by atoms with Crippen LogP contribution in [0.3, 0.4) is 0 Å². The molecule has 9 heteroatoms. The Kier molecular flexibility index (Phi) is 6.26. The molecule has 1 heterocycles. The Balaban J connectivity index is 2.03. The van der Waals surface area contributed by atoms with E-state index >= 15 is 0 Å². The fourth-order valence-corrected chi connectivity index (χ4v) is 3.02. The molecule has 0 radical (unpaired) electrons. The molecule has 2 aromatic carbocycles. The Morgan fingerprint density at radius 2 is 2.00 bits per heavy atom. The molecule has 0 aliphatic carbocycles. The summed E-state index contributed by atoms with van der Waals surface area (Å²) in [5.74, 6) is -0.646. The van der Waals surface area contributed by atoms with Crippen molar-refractivity contribution in [1.29, 1.82) is 0 Å². The Labute approximate surface area is 172 Å². The smallest absolute Gasteiger partial charge is 0.248 e. The molecule has 0 aliphatic rings. The van der Waals surface area contributed by atoms with Crippen LogP contribution in [0.2, 0.25) is 10.0 Å². The average molecular weight is 470 g/mol. The molecule has 1 aromatic heterocycles. The third kappa shape index (κ3) is 4.37. The van der Waals surface area contributed by atoms with Gasteiger partial charge in [0.2, 0.25) is 5.91 Å². The number of nitrogens with zero attached hydrogens (tertiary/aromatic N) is 2. The van der Waals surface area contributed by atoms with Crippen LogP contribution in [0.25, 0.3) is 10.9 Å². The van der Waals surface area contributed by atoms with Crippen LogP contribution < -0.4 is 10.6 Å². The van der Waals surface area contributed by atoms with E-state index < -0.39 is 5.82 Å². The van der Waals surface area contributed by atoms with Gasteiger partial charge in [0.15, 0.2) is 5.82 Å². The average Bonchev–Trinajstić information content (AvgIpc) is 2.66. The van der Waals surface area contributed by atoms with E-state index in [1.165, 1.54) is 24.5 Å². The Morgan fingerprint density at radius 3 is 2.78 bits per heavy atom. The summed E-state index contributed by atoms with van der Waals surface area (Å²) in [7, 11) is 0. The van der Waals surface area contributed by atoms with Crippen LogP contribution in [0.4, 0.5) is 21.6 Å². The van der Waals surface area contributed by atoms with Gasteiger partial charge in [-0.15, -0.1) is 0 Å². The number of halogens is 4. The normalized spacial score (nSPS) is 11.1. The van der Waals surface area contributed by atoms with Crippen molar-refractivity contribution in [3.05, 3.63) is 64.7 Å². The number of carbonyl (C=O) groups excluding carboxylic acids is 1. The van der Waals surface area contributed by atoms with Gasteiger partial charge in [0.1, 0.15) is 12.1 Å². The fourth-order valence-electron chi connectivity index (χ4n) is 2.36. The highest BCUT2D eigenvalue weighted by molar-refractivity contribution is 9.09. The molecule has 0 saturated heterocycles. The second kappa shape index (κ2) is 8.65. The van der Waals surface area contributed by atoms with E-state index in [4.69, 9.17) is 23.2 Å². The van der Waals surface area contributed by atoms with Gasteiger partial charge in [-0.3, -0.25) is 4.79 Å². The van der Waals surface area contributed by atoms with Crippen LogP contribution in [-0.4, -0.2) is 21.2 Å². The summed E-state index contributed by atoms with van der Waals surface area (Å²) in [6, 6.07) is 7.91. The molecule has 0 aliphatic heterocycles. The summed E-state index contributed by atoms with van der Waals surface area (Å²) in [6.07, 6.45) is 4.38. The number of hydrogen-bond acceptors (Lipinski definition) is 4. The van der Waals surface area contributed by atoms with Crippen LogP contribution >= 0.6 is 39.1 Å². The van der Waals surface area contributed by atoms with Crippen LogP contribution in [0.15, 0.2) is 48.8 Å². The summed E-state index contributed by atoms with van der Waals surface area (Å²) < 4.78 is 14.2. The van der Waals surface area contributed by atoms with Crippen LogP contribution in [0, 0.1) is 5.82 Å². The first-order chi connectivity index (χ1) is 13.0. The van der Waals surface area contributed by atoms with E-state index in [2.05, 4.69) is 36.5 Å². The molecule has 138 valence electrons. The molecule has 27 heavy (non-hydrogen) atoms. The lowest BCUT2D eigenvalue weighted by Crippen LogP contribution is -2.09. The first-order valence-corrected chi connectivity index (χ1v) is 9.56. The Morgan fingerprint density at radius 1 is 1.19 bits per heavy atom. The van der Waals surface area contributed by atoms with Gasteiger partial charge in [0.05, 0.1) is 32.3 Å². The number of amides is 1. The molecule has 3 aromatic rings. The highest BCUT2D eigenvalue weighted by atomic mass is 79.9. The molecule has 2 N–H and O–H groups in total. The van der Waals surface area contributed by atoms with Gasteiger partial charge in [-0.25, -0.2) is 14.4 Å². The molecule has 0 atom stereocenters. The number of fused-ring (bicyclic) bond motifs is 1. The number of benzene rings is 2. The van der Waals surface area contributed by atoms with Gasteiger partial charge in [-0.2, -0.15) is 0 Å². The maximum Gasteiger partial charge on any atom is 0.248 e.